The summed E-state index contributed by atoms with van der Waals surface area (Å²) in [5.74, 6) is 1.89. The molecule has 0 saturated heterocycles. The standard InChI is InChI=1S/C23H30N4O2.HI/c1-24-23(26(2)15-16-29-21-11-4-3-5-12-21)25-14-8-13-22(28)27-17-19-9-6-7-10-20(19)18-27;/h3-7,9-12H,8,13-18H2,1-2H3,(H,24,25);1H. The molecule has 0 bridgehead atoms. The van der Waals surface area contributed by atoms with Crippen LogP contribution in [0.15, 0.2) is 59.6 Å². The van der Waals surface area contributed by atoms with Crippen molar-refractivity contribution in [1.82, 2.24) is 15.1 Å². The highest BCUT2D eigenvalue weighted by Crippen LogP contribution is 2.22. The highest BCUT2D eigenvalue weighted by Gasteiger charge is 2.22. The second-order valence-electron chi connectivity index (χ2n) is 7.18. The number of halogens is 1. The molecule has 7 heteroatoms. The van der Waals surface area contributed by atoms with Gasteiger partial charge in [-0.2, -0.15) is 0 Å². The molecule has 0 atom stereocenters. The Morgan fingerprint density at radius 3 is 2.37 bits per heavy atom. The fourth-order valence-corrected chi connectivity index (χ4v) is 3.42. The van der Waals surface area contributed by atoms with E-state index in [1.54, 1.807) is 7.05 Å². The number of amides is 1. The van der Waals surface area contributed by atoms with Crippen molar-refractivity contribution in [3.05, 3.63) is 65.7 Å². The maximum Gasteiger partial charge on any atom is 0.223 e. The van der Waals surface area contributed by atoms with Gasteiger partial charge in [0.1, 0.15) is 12.4 Å². The number of aliphatic imine (C=N–C) groups is 1. The van der Waals surface area contributed by atoms with Gasteiger partial charge < -0.3 is 19.9 Å². The molecule has 30 heavy (non-hydrogen) atoms. The van der Waals surface area contributed by atoms with Crippen LogP contribution >= 0.6 is 24.0 Å². The van der Waals surface area contributed by atoms with Crippen molar-refractivity contribution in [2.75, 3.05) is 33.8 Å². The van der Waals surface area contributed by atoms with E-state index in [0.29, 0.717) is 19.6 Å². The Bertz CT molecular complexity index is 804. The van der Waals surface area contributed by atoms with E-state index in [-0.39, 0.29) is 29.9 Å². The Morgan fingerprint density at radius 1 is 1.10 bits per heavy atom. The fourth-order valence-electron chi connectivity index (χ4n) is 3.42. The number of benzene rings is 2. The van der Waals surface area contributed by atoms with Crippen LogP contribution in [0.25, 0.3) is 0 Å². The molecular formula is C23H31IN4O2. The number of fused-ring (bicyclic) bond motifs is 1. The first kappa shape index (κ1) is 24.0. The molecule has 0 aromatic heterocycles. The van der Waals surface area contributed by atoms with Crippen LogP contribution in [0.1, 0.15) is 24.0 Å². The van der Waals surface area contributed by atoms with Crippen molar-refractivity contribution in [1.29, 1.82) is 0 Å². The third-order valence-corrected chi connectivity index (χ3v) is 5.06. The quantitative estimate of drug-likeness (QED) is 0.250. The van der Waals surface area contributed by atoms with Crippen molar-refractivity contribution in [2.45, 2.75) is 25.9 Å². The van der Waals surface area contributed by atoms with Crippen LogP contribution in [-0.4, -0.2) is 55.5 Å². The maximum atomic E-state index is 12.5. The highest BCUT2D eigenvalue weighted by molar-refractivity contribution is 14.0. The first-order valence-corrected chi connectivity index (χ1v) is 10.1. The van der Waals surface area contributed by atoms with Gasteiger partial charge in [-0.3, -0.25) is 9.79 Å². The van der Waals surface area contributed by atoms with E-state index >= 15 is 0 Å². The summed E-state index contributed by atoms with van der Waals surface area (Å²) in [5.41, 5.74) is 2.53. The predicted molar refractivity (Wildman–Crippen MR) is 131 cm³/mol. The molecule has 6 nitrogen and oxygen atoms in total. The summed E-state index contributed by atoms with van der Waals surface area (Å²) in [6.07, 6.45) is 1.32. The number of nitrogens with one attached hydrogen (secondary N) is 1. The van der Waals surface area contributed by atoms with Gasteiger partial charge in [0.15, 0.2) is 5.96 Å². The lowest BCUT2D eigenvalue weighted by atomic mass is 10.1. The molecule has 0 saturated carbocycles. The molecule has 0 radical (unpaired) electrons. The molecular weight excluding hydrogens is 491 g/mol. The SMILES string of the molecule is CN=C(NCCCC(=O)N1Cc2ccccc2C1)N(C)CCOc1ccccc1.I. The zero-order chi connectivity index (χ0) is 20.5. The molecule has 1 amide bonds. The van der Waals surface area contributed by atoms with Crippen LogP contribution in [0.2, 0.25) is 0 Å². The molecule has 2 aromatic carbocycles. The van der Waals surface area contributed by atoms with Gasteiger partial charge in [0.05, 0.1) is 6.54 Å². The number of hydrogen-bond acceptors (Lipinski definition) is 3. The zero-order valence-corrected chi connectivity index (χ0v) is 20.0. The van der Waals surface area contributed by atoms with Crippen LogP contribution in [-0.2, 0) is 17.9 Å². The summed E-state index contributed by atoms with van der Waals surface area (Å²) < 4.78 is 5.74. The van der Waals surface area contributed by atoms with E-state index in [0.717, 1.165) is 37.8 Å². The van der Waals surface area contributed by atoms with Crippen LogP contribution in [0, 0.1) is 0 Å². The zero-order valence-electron chi connectivity index (χ0n) is 17.7. The Hall–Kier alpha value is -2.29. The Labute approximate surface area is 196 Å². The molecule has 3 rings (SSSR count). The number of rotatable bonds is 8. The van der Waals surface area contributed by atoms with Gasteiger partial charge in [-0.05, 0) is 29.7 Å². The number of ether oxygens (including phenoxy) is 1. The highest BCUT2D eigenvalue weighted by atomic mass is 127. The predicted octanol–water partition coefficient (Wildman–Crippen LogP) is 3.51. The third-order valence-electron chi connectivity index (χ3n) is 5.06. The lowest BCUT2D eigenvalue weighted by Crippen LogP contribution is -2.41. The molecule has 0 unspecified atom stereocenters. The third kappa shape index (κ3) is 6.90. The van der Waals surface area contributed by atoms with Crippen LogP contribution in [0.3, 0.4) is 0 Å². The average Bonchev–Trinajstić information content (AvgIpc) is 3.19. The summed E-state index contributed by atoms with van der Waals surface area (Å²) >= 11 is 0. The van der Waals surface area contributed by atoms with Crippen molar-refractivity contribution in [2.24, 2.45) is 4.99 Å². The second kappa shape index (κ2) is 12.4. The first-order chi connectivity index (χ1) is 14.2. The van der Waals surface area contributed by atoms with Crippen LogP contribution < -0.4 is 10.1 Å². The number of nitrogens with zero attached hydrogens (tertiary/aromatic N) is 3. The van der Waals surface area contributed by atoms with E-state index in [4.69, 9.17) is 4.74 Å². The van der Waals surface area contributed by atoms with Gasteiger partial charge >= 0.3 is 0 Å². The van der Waals surface area contributed by atoms with E-state index in [1.165, 1.54) is 11.1 Å². The van der Waals surface area contributed by atoms with Crippen molar-refractivity contribution >= 4 is 35.8 Å². The van der Waals surface area contributed by atoms with Gasteiger partial charge in [0.25, 0.3) is 0 Å². The molecule has 1 heterocycles. The van der Waals surface area contributed by atoms with Crippen molar-refractivity contribution in [3.8, 4) is 5.75 Å². The molecule has 0 spiro atoms. The number of guanidine groups is 1. The minimum absolute atomic E-state index is 0. The molecule has 1 aliphatic rings. The van der Waals surface area contributed by atoms with Gasteiger partial charge in [-0.15, -0.1) is 24.0 Å². The largest absolute Gasteiger partial charge is 0.492 e. The molecule has 162 valence electrons. The van der Waals surface area contributed by atoms with Crippen molar-refractivity contribution in [3.63, 3.8) is 0 Å². The lowest BCUT2D eigenvalue weighted by molar-refractivity contribution is -0.131. The van der Waals surface area contributed by atoms with Gasteiger partial charge in [-0.25, -0.2) is 0 Å². The minimum atomic E-state index is 0. The normalized spacial score (nSPS) is 12.7. The van der Waals surface area contributed by atoms with Gasteiger partial charge in [-0.1, -0.05) is 42.5 Å². The average molecular weight is 522 g/mol. The van der Waals surface area contributed by atoms with Crippen LogP contribution in [0.4, 0.5) is 0 Å². The Balaban J connectivity index is 0.00000320. The topological polar surface area (TPSA) is 57.2 Å². The summed E-state index contributed by atoms with van der Waals surface area (Å²) in [7, 11) is 3.75. The Morgan fingerprint density at radius 2 is 1.73 bits per heavy atom. The van der Waals surface area contributed by atoms with Crippen LogP contribution in [0.5, 0.6) is 5.75 Å². The minimum Gasteiger partial charge on any atom is -0.492 e. The van der Waals surface area contributed by atoms with Crippen molar-refractivity contribution < 1.29 is 9.53 Å². The van der Waals surface area contributed by atoms with E-state index < -0.39 is 0 Å². The van der Waals surface area contributed by atoms with Gasteiger partial charge in [0.2, 0.25) is 5.91 Å². The van der Waals surface area contributed by atoms with E-state index in [1.807, 2.05) is 59.3 Å². The van der Waals surface area contributed by atoms with Gasteiger partial charge in [0, 0.05) is 40.2 Å². The summed E-state index contributed by atoms with van der Waals surface area (Å²) in [5, 5.41) is 3.33. The molecule has 1 N–H and O–H groups in total. The number of carbonyl (C=O) groups excluding carboxylic acids is 1. The summed E-state index contributed by atoms with van der Waals surface area (Å²) in [6, 6.07) is 18.1. The molecule has 2 aromatic rings. The van der Waals surface area contributed by atoms with E-state index in [9.17, 15) is 4.79 Å². The lowest BCUT2D eigenvalue weighted by Gasteiger charge is -2.22. The second-order valence-corrected chi connectivity index (χ2v) is 7.18. The smallest absolute Gasteiger partial charge is 0.223 e. The van der Waals surface area contributed by atoms with E-state index in [2.05, 4.69) is 22.4 Å². The first-order valence-electron chi connectivity index (χ1n) is 10.1. The number of carbonyl (C=O) groups is 1. The molecule has 1 aliphatic heterocycles. The fraction of sp³-hybridized carbons (Fsp3) is 0.391. The maximum absolute atomic E-state index is 12.5. The Kier molecular flexibility index (Phi) is 9.93. The number of para-hydroxylation sites is 1. The number of likely N-dealkylation sites (N-methyl/N-ethyl adjacent to an activating group) is 1. The monoisotopic (exact) mass is 522 g/mol. The molecule has 0 aliphatic carbocycles. The molecule has 0 fully saturated rings. The summed E-state index contributed by atoms with van der Waals surface area (Å²) in [4.78, 5) is 20.8. The number of hydrogen-bond donors (Lipinski definition) is 1. The summed E-state index contributed by atoms with van der Waals surface area (Å²) in [6.45, 7) is 3.47.